The van der Waals surface area contributed by atoms with Gasteiger partial charge in [0.05, 0.1) is 11.2 Å². The molecule has 0 aliphatic rings. The van der Waals surface area contributed by atoms with Crippen molar-refractivity contribution in [3.05, 3.63) is 29.2 Å². The first-order valence-electron chi connectivity index (χ1n) is 5.29. The number of hydrogen-bond acceptors (Lipinski definition) is 1. The zero-order valence-electron chi connectivity index (χ0n) is 9.56. The lowest BCUT2D eigenvalue weighted by atomic mass is 10.1. The van der Waals surface area contributed by atoms with Crippen molar-refractivity contribution >= 4 is 10.9 Å². The van der Waals surface area contributed by atoms with Crippen LogP contribution in [0.2, 0.25) is 0 Å². The number of aryl methyl sites for hydroxylation is 2. The number of rotatable bonds is 2. The van der Waals surface area contributed by atoms with Crippen LogP contribution in [0.1, 0.15) is 30.3 Å². The second-order valence-electron chi connectivity index (χ2n) is 4.05. The van der Waals surface area contributed by atoms with Gasteiger partial charge in [-0.05, 0) is 25.5 Å². The SMILES string of the molecule is CCC(F)(F)c1cc2c(C)c[nH]c2c(C)n1. The molecule has 2 nitrogen and oxygen atoms in total. The van der Waals surface area contributed by atoms with Gasteiger partial charge in [0, 0.05) is 18.0 Å². The summed E-state index contributed by atoms with van der Waals surface area (Å²) in [5.41, 5.74) is 2.29. The molecule has 4 heteroatoms. The second kappa shape index (κ2) is 3.54. The standard InChI is InChI=1S/C12H14F2N2/c1-4-12(13,14)10-5-9-7(2)6-15-11(9)8(3)16-10/h5-6,15H,4H2,1-3H3. The fraction of sp³-hybridized carbons (Fsp3) is 0.417. The summed E-state index contributed by atoms with van der Waals surface area (Å²) in [5, 5.41) is 0.829. The number of nitrogens with one attached hydrogen (secondary N) is 1. The summed E-state index contributed by atoms with van der Waals surface area (Å²) in [5.74, 6) is -2.84. The molecule has 2 aromatic rings. The Labute approximate surface area is 92.7 Å². The lowest BCUT2D eigenvalue weighted by Gasteiger charge is -2.14. The molecule has 0 bridgehead atoms. The molecule has 16 heavy (non-hydrogen) atoms. The molecule has 0 unspecified atom stereocenters. The van der Waals surface area contributed by atoms with Gasteiger partial charge in [0.25, 0.3) is 5.92 Å². The van der Waals surface area contributed by atoms with Gasteiger partial charge >= 0.3 is 0 Å². The summed E-state index contributed by atoms with van der Waals surface area (Å²) in [6.45, 7) is 5.10. The van der Waals surface area contributed by atoms with Crippen LogP contribution in [-0.4, -0.2) is 9.97 Å². The predicted octanol–water partition coefficient (Wildman–Crippen LogP) is 3.68. The van der Waals surface area contributed by atoms with Gasteiger partial charge in [0.2, 0.25) is 0 Å². The van der Waals surface area contributed by atoms with Gasteiger partial charge in [-0.3, -0.25) is 0 Å². The van der Waals surface area contributed by atoms with Gasteiger partial charge in [-0.2, -0.15) is 8.78 Å². The maximum absolute atomic E-state index is 13.6. The van der Waals surface area contributed by atoms with E-state index in [0.29, 0.717) is 5.69 Å². The Kier molecular flexibility index (Phi) is 2.45. The number of aromatic amines is 1. The molecule has 0 radical (unpaired) electrons. The highest BCUT2D eigenvalue weighted by atomic mass is 19.3. The molecule has 1 N–H and O–H groups in total. The molecule has 0 aliphatic carbocycles. The molecule has 0 atom stereocenters. The summed E-state index contributed by atoms with van der Waals surface area (Å²) < 4.78 is 27.1. The third-order valence-electron chi connectivity index (χ3n) is 2.88. The molecule has 0 spiro atoms. The van der Waals surface area contributed by atoms with Gasteiger partial charge in [-0.15, -0.1) is 0 Å². The van der Waals surface area contributed by atoms with Crippen LogP contribution in [0.25, 0.3) is 10.9 Å². The average Bonchev–Trinajstić information content (AvgIpc) is 2.61. The van der Waals surface area contributed by atoms with Crippen molar-refractivity contribution in [3.63, 3.8) is 0 Å². The Hall–Kier alpha value is -1.45. The van der Waals surface area contributed by atoms with Crippen LogP contribution in [0.3, 0.4) is 0 Å². The highest BCUT2D eigenvalue weighted by molar-refractivity contribution is 5.85. The molecular weight excluding hydrogens is 210 g/mol. The van der Waals surface area contributed by atoms with E-state index in [0.717, 1.165) is 16.5 Å². The Morgan fingerprint density at radius 2 is 2.06 bits per heavy atom. The quantitative estimate of drug-likeness (QED) is 0.828. The van der Waals surface area contributed by atoms with Crippen molar-refractivity contribution in [2.75, 3.05) is 0 Å². The number of fused-ring (bicyclic) bond motifs is 1. The van der Waals surface area contributed by atoms with E-state index in [4.69, 9.17) is 0 Å². The zero-order valence-corrected chi connectivity index (χ0v) is 9.56. The Morgan fingerprint density at radius 1 is 1.38 bits per heavy atom. The minimum atomic E-state index is -2.84. The maximum Gasteiger partial charge on any atom is 0.289 e. The fourth-order valence-corrected chi connectivity index (χ4v) is 1.79. The molecule has 0 saturated heterocycles. The molecule has 0 aromatic carbocycles. The molecular formula is C12H14F2N2. The van der Waals surface area contributed by atoms with Crippen LogP contribution in [-0.2, 0) is 5.92 Å². The van der Waals surface area contributed by atoms with Crippen LogP contribution in [0.5, 0.6) is 0 Å². The monoisotopic (exact) mass is 224 g/mol. The number of halogens is 2. The molecule has 0 fully saturated rings. The number of pyridine rings is 1. The van der Waals surface area contributed by atoms with Gasteiger partial charge < -0.3 is 4.98 Å². The first-order chi connectivity index (χ1) is 7.45. The minimum Gasteiger partial charge on any atom is -0.359 e. The van der Waals surface area contributed by atoms with E-state index in [-0.39, 0.29) is 12.1 Å². The Morgan fingerprint density at radius 3 is 2.69 bits per heavy atom. The van der Waals surface area contributed by atoms with Crippen LogP contribution in [0.15, 0.2) is 12.3 Å². The van der Waals surface area contributed by atoms with Crippen LogP contribution in [0.4, 0.5) is 8.78 Å². The van der Waals surface area contributed by atoms with Crippen molar-refractivity contribution in [2.24, 2.45) is 0 Å². The summed E-state index contributed by atoms with van der Waals surface area (Å²) >= 11 is 0. The number of nitrogens with zero attached hydrogens (tertiary/aromatic N) is 1. The first-order valence-corrected chi connectivity index (χ1v) is 5.29. The molecule has 2 aromatic heterocycles. The van der Waals surface area contributed by atoms with E-state index in [2.05, 4.69) is 9.97 Å². The normalized spacial score (nSPS) is 12.3. The zero-order chi connectivity index (χ0) is 11.9. The molecule has 2 heterocycles. The average molecular weight is 224 g/mol. The van der Waals surface area contributed by atoms with Gasteiger partial charge in [0.15, 0.2) is 0 Å². The second-order valence-corrected chi connectivity index (χ2v) is 4.05. The molecule has 0 amide bonds. The van der Waals surface area contributed by atoms with E-state index in [9.17, 15) is 8.78 Å². The van der Waals surface area contributed by atoms with Crippen LogP contribution >= 0.6 is 0 Å². The summed E-state index contributed by atoms with van der Waals surface area (Å²) in [6.07, 6.45) is 1.58. The smallest absolute Gasteiger partial charge is 0.289 e. The highest BCUT2D eigenvalue weighted by Crippen LogP contribution is 2.32. The van der Waals surface area contributed by atoms with Crippen molar-refractivity contribution in [1.29, 1.82) is 0 Å². The number of aromatic nitrogens is 2. The van der Waals surface area contributed by atoms with Crippen molar-refractivity contribution in [1.82, 2.24) is 9.97 Å². The number of alkyl halides is 2. The van der Waals surface area contributed by atoms with Crippen molar-refractivity contribution in [2.45, 2.75) is 33.1 Å². The van der Waals surface area contributed by atoms with Crippen LogP contribution in [0, 0.1) is 13.8 Å². The Bertz CT molecular complexity index is 529. The third kappa shape index (κ3) is 1.58. The number of H-pyrrole nitrogens is 1. The van der Waals surface area contributed by atoms with Crippen LogP contribution < -0.4 is 0 Å². The maximum atomic E-state index is 13.6. The van der Waals surface area contributed by atoms with E-state index < -0.39 is 5.92 Å². The summed E-state index contributed by atoms with van der Waals surface area (Å²) in [6, 6.07) is 1.48. The topological polar surface area (TPSA) is 28.7 Å². The fourth-order valence-electron chi connectivity index (χ4n) is 1.79. The van der Waals surface area contributed by atoms with Gasteiger partial charge in [-0.25, -0.2) is 4.98 Å². The molecule has 86 valence electrons. The van der Waals surface area contributed by atoms with Crippen molar-refractivity contribution in [3.8, 4) is 0 Å². The summed E-state index contributed by atoms with van der Waals surface area (Å²) in [4.78, 5) is 7.02. The number of hydrogen-bond donors (Lipinski definition) is 1. The lowest BCUT2D eigenvalue weighted by molar-refractivity contribution is -0.0127. The predicted molar refractivity (Wildman–Crippen MR) is 59.8 cm³/mol. The highest BCUT2D eigenvalue weighted by Gasteiger charge is 2.31. The Balaban J connectivity index is 2.70. The summed E-state index contributed by atoms with van der Waals surface area (Å²) in [7, 11) is 0. The molecule has 0 saturated carbocycles. The lowest BCUT2D eigenvalue weighted by Crippen LogP contribution is -2.14. The van der Waals surface area contributed by atoms with E-state index in [1.54, 1.807) is 6.92 Å². The largest absolute Gasteiger partial charge is 0.359 e. The van der Waals surface area contributed by atoms with Crippen molar-refractivity contribution < 1.29 is 8.78 Å². The van der Waals surface area contributed by atoms with E-state index in [1.165, 1.54) is 13.0 Å². The van der Waals surface area contributed by atoms with Gasteiger partial charge in [0.1, 0.15) is 5.69 Å². The van der Waals surface area contributed by atoms with E-state index >= 15 is 0 Å². The molecule has 0 aliphatic heterocycles. The first kappa shape index (κ1) is 11.0. The molecule has 2 rings (SSSR count). The van der Waals surface area contributed by atoms with Gasteiger partial charge in [-0.1, -0.05) is 6.92 Å². The minimum absolute atomic E-state index is 0.136. The third-order valence-corrected chi connectivity index (χ3v) is 2.88. The van der Waals surface area contributed by atoms with E-state index in [1.807, 2.05) is 13.1 Å².